The van der Waals surface area contributed by atoms with Crippen LogP contribution in [0.4, 0.5) is 10.1 Å². The van der Waals surface area contributed by atoms with Gasteiger partial charge in [0.2, 0.25) is 5.91 Å². The zero-order valence-electron chi connectivity index (χ0n) is 15.1. The molecule has 0 saturated carbocycles. The van der Waals surface area contributed by atoms with Crippen LogP contribution in [0.1, 0.15) is 11.6 Å². The number of amides is 1. The number of carbonyl (C=O) groups excluding carboxylic acids is 1. The van der Waals surface area contributed by atoms with Crippen molar-refractivity contribution in [2.24, 2.45) is 0 Å². The average molecular weight is 381 g/mol. The van der Waals surface area contributed by atoms with Crippen molar-refractivity contribution in [3.63, 3.8) is 0 Å². The number of ether oxygens (including phenoxy) is 1. The third-order valence-electron chi connectivity index (χ3n) is 4.66. The summed E-state index contributed by atoms with van der Waals surface area (Å²) in [5.41, 5.74) is 2.21. The van der Waals surface area contributed by atoms with Crippen LogP contribution in [0.5, 0.6) is 0 Å². The van der Waals surface area contributed by atoms with E-state index in [0.717, 1.165) is 11.1 Å². The first-order chi connectivity index (χ1) is 13.7. The maximum Gasteiger partial charge on any atom is 0.246 e. The second-order valence-electron chi connectivity index (χ2n) is 6.51. The van der Waals surface area contributed by atoms with E-state index in [1.54, 1.807) is 12.1 Å². The van der Waals surface area contributed by atoms with Crippen molar-refractivity contribution in [3.8, 4) is 11.4 Å². The molecule has 1 unspecified atom stereocenters. The van der Waals surface area contributed by atoms with Gasteiger partial charge in [0.1, 0.15) is 18.2 Å². The minimum absolute atomic E-state index is 0.178. The lowest BCUT2D eigenvalue weighted by molar-refractivity contribution is -0.123. The van der Waals surface area contributed by atoms with Crippen molar-refractivity contribution in [1.82, 2.24) is 20.1 Å². The molecule has 8 heteroatoms. The second-order valence-corrected chi connectivity index (χ2v) is 6.51. The summed E-state index contributed by atoms with van der Waals surface area (Å²) in [5, 5.41) is 9.64. The molecule has 1 atom stereocenters. The molecular weight excluding hydrogens is 361 g/mol. The summed E-state index contributed by atoms with van der Waals surface area (Å²) in [6.07, 6.45) is 1.43. The molecule has 4 rings (SSSR count). The number of rotatable bonds is 5. The van der Waals surface area contributed by atoms with Crippen molar-refractivity contribution < 1.29 is 13.9 Å². The molecule has 2 aromatic carbocycles. The first kappa shape index (κ1) is 18.3. The van der Waals surface area contributed by atoms with Crippen molar-refractivity contribution in [3.05, 3.63) is 66.2 Å². The molecule has 1 aliphatic rings. The Bertz CT molecular complexity index is 924. The van der Waals surface area contributed by atoms with E-state index in [0.29, 0.717) is 37.8 Å². The fourth-order valence-electron chi connectivity index (χ4n) is 3.31. The minimum atomic E-state index is -0.529. The standard InChI is InChI=1S/C20H20FN5O2/c21-16-6-4-14(5-7-16)18(26-8-10-28-11-9-26)20(27)24-17-3-1-2-15(12-17)19-22-13-23-25-19/h1-7,12-13,18H,8-11H2,(H,24,27)(H,22,23,25). The maximum absolute atomic E-state index is 13.4. The molecule has 1 aliphatic heterocycles. The molecule has 2 N–H and O–H groups in total. The number of aromatic nitrogens is 3. The Morgan fingerprint density at radius 2 is 1.96 bits per heavy atom. The Morgan fingerprint density at radius 1 is 1.18 bits per heavy atom. The SMILES string of the molecule is O=C(Nc1cccc(-c2ncn[nH]2)c1)C(c1ccc(F)cc1)N1CCOCC1. The van der Waals surface area contributed by atoms with E-state index >= 15 is 0 Å². The molecule has 1 fully saturated rings. The van der Waals surface area contributed by atoms with Crippen molar-refractivity contribution >= 4 is 11.6 Å². The predicted molar refractivity (Wildman–Crippen MR) is 102 cm³/mol. The molecule has 28 heavy (non-hydrogen) atoms. The van der Waals surface area contributed by atoms with Crippen LogP contribution in [-0.4, -0.2) is 52.3 Å². The van der Waals surface area contributed by atoms with Crippen LogP contribution in [0.25, 0.3) is 11.4 Å². The highest BCUT2D eigenvalue weighted by Crippen LogP contribution is 2.25. The van der Waals surface area contributed by atoms with Gasteiger partial charge in [0.25, 0.3) is 0 Å². The average Bonchev–Trinajstić information content (AvgIpc) is 3.26. The minimum Gasteiger partial charge on any atom is -0.379 e. The van der Waals surface area contributed by atoms with Crippen LogP contribution < -0.4 is 5.32 Å². The van der Waals surface area contributed by atoms with Gasteiger partial charge < -0.3 is 10.1 Å². The van der Waals surface area contributed by atoms with Gasteiger partial charge in [-0.15, -0.1) is 0 Å². The zero-order chi connectivity index (χ0) is 19.3. The van der Waals surface area contributed by atoms with E-state index < -0.39 is 6.04 Å². The number of halogens is 1. The molecule has 144 valence electrons. The third kappa shape index (κ3) is 4.08. The van der Waals surface area contributed by atoms with Crippen LogP contribution in [0, 0.1) is 5.82 Å². The van der Waals surface area contributed by atoms with Crippen LogP contribution in [0.2, 0.25) is 0 Å². The highest BCUT2D eigenvalue weighted by atomic mass is 19.1. The Balaban J connectivity index is 1.58. The molecule has 7 nitrogen and oxygen atoms in total. The van der Waals surface area contributed by atoms with Crippen molar-refractivity contribution in [1.29, 1.82) is 0 Å². The summed E-state index contributed by atoms with van der Waals surface area (Å²) in [5.74, 6) is 0.118. The van der Waals surface area contributed by atoms with E-state index in [2.05, 4.69) is 20.5 Å². The Morgan fingerprint density at radius 3 is 2.68 bits per heavy atom. The Labute approximate surface area is 161 Å². The van der Waals surface area contributed by atoms with Crippen molar-refractivity contribution in [2.75, 3.05) is 31.6 Å². The topological polar surface area (TPSA) is 83.1 Å². The quantitative estimate of drug-likeness (QED) is 0.710. The fraction of sp³-hybridized carbons (Fsp3) is 0.250. The number of H-pyrrole nitrogens is 1. The highest BCUT2D eigenvalue weighted by molar-refractivity contribution is 5.96. The first-order valence-electron chi connectivity index (χ1n) is 9.04. The molecule has 1 aromatic heterocycles. The van der Waals surface area contributed by atoms with Gasteiger partial charge in [0.15, 0.2) is 5.82 Å². The third-order valence-corrected chi connectivity index (χ3v) is 4.66. The summed E-state index contributed by atoms with van der Waals surface area (Å²) in [4.78, 5) is 19.4. The second kappa shape index (κ2) is 8.28. The molecule has 1 saturated heterocycles. The summed E-state index contributed by atoms with van der Waals surface area (Å²) < 4.78 is 18.8. The number of nitrogens with one attached hydrogen (secondary N) is 2. The fourth-order valence-corrected chi connectivity index (χ4v) is 3.31. The molecule has 3 aromatic rings. The molecule has 2 heterocycles. The van der Waals surface area contributed by atoms with E-state index in [4.69, 9.17) is 4.74 Å². The molecule has 0 spiro atoms. The van der Waals surface area contributed by atoms with Crippen LogP contribution in [0.3, 0.4) is 0 Å². The summed E-state index contributed by atoms with van der Waals surface area (Å²) >= 11 is 0. The van der Waals surface area contributed by atoms with E-state index in [1.807, 2.05) is 29.2 Å². The monoisotopic (exact) mass is 381 g/mol. The van der Waals surface area contributed by atoms with Gasteiger partial charge in [0.05, 0.1) is 13.2 Å². The zero-order valence-corrected chi connectivity index (χ0v) is 15.1. The molecular formula is C20H20FN5O2. The van der Waals surface area contributed by atoms with Crippen molar-refractivity contribution in [2.45, 2.75) is 6.04 Å². The van der Waals surface area contributed by atoms with Crippen LogP contribution in [-0.2, 0) is 9.53 Å². The number of carbonyl (C=O) groups is 1. The number of aromatic amines is 1. The molecule has 0 aliphatic carbocycles. The molecule has 0 bridgehead atoms. The van der Waals surface area contributed by atoms with Gasteiger partial charge in [-0.25, -0.2) is 9.37 Å². The summed E-state index contributed by atoms with van der Waals surface area (Å²) in [7, 11) is 0. The lowest BCUT2D eigenvalue weighted by Gasteiger charge is -2.33. The van der Waals surface area contributed by atoms with E-state index in [1.165, 1.54) is 18.5 Å². The number of nitrogens with zero attached hydrogens (tertiary/aromatic N) is 3. The predicted octanol–water partition coefficient (Wildman–Crippen LogP) is 2.62. The maximum atomic E-state index is 13.4. The number of anilines is 1. The van der Waals surface area contributed by atoms with Gasteiger partial charge in [-0.05, 0) is 29.8 Å². The van der Waals surface area contributed by atoms with Gasteiger partial charge in [-0.2, -0.15) is 5.10 Å². The largest absolute Gasteiger partial charge is 0.379 e. The molecule has 1 amide bonds. The Hall–Kier alpha value is -3.10. The van der Waals surface area contributed by atoms with E-state index in [-0.39, 0.29) is 11.7 Å². The number of hydrogen-bond acceptors (Lipinski definition) is 5. The normalized spacial score (nSPS) is 15.9. The van der Waals surface area contributed by atoms with Gasteiger partial charge in [-0.3, -0.25) is 14.8 Å². The van der Waals surface area contributed by atoms with Crippen LogP contribution >= 0.6 is 0 Å². The van der Waals surface area contributed by atoms with Gasteiger partial charge in [-0.1, -0.05) is 24.3 Å². The first-order valence-corrected chi connectivity index (χ1v) is 9.04. The lowest BCUT2D eigenvalue weighted by Crippen LogP contribution is -2.43. The lowest BCUT2D eigenvalue weighted by atomic mass is 10.0. The van der Waals surface area contributed by atoms with Gasteiger partial charge in [0, 0.05) is 24.3 Å². The van der Waals surface area contributed by atoms with Crippen LogP contribution in [0.15, 0.2) is 54.9 Å². The molecule has 0 radical (unpaired) electrons. The number of morpholine rings is 1. The number of hydrogen-bond donors (Lipinski definition) is 2. The summed E-state index contributed by atoms with van der Waals surface area (Å²) in [6.45, 7) is 2.39. The smallest absolute Gasteiger partial charge is 0.246 e. The Kier molecular flexibility index (Phi) is 5.41. The van der Waals surface area contributed by atoms with E-state index in [9.17, 15) is 9.18 Å². The summed E-state index contributed by atoms with van der Waals surface area (Å²) in [6, 6.07) is 12.9. The number of benzene rings is 2. The van der Waals surface area contributed by atoms with Gasteiger partial charge >= 0.3 is 0 Å². The highest BCUT2D eigenvalue weighted by Gasteiger charge is 2.29.